The Morgan fingerprint density at radius 2 is 1.92 bits per heavy atom. The summed E-state index contributed by atoms with van der Waals surface area (Å²) in [6.45, 7) is 1.32. The van der Waals surface area contributed by atoms with Crippen molar-refractivity contribution in [2.75, 3.05) is 6.61 Å². The Hall–Kier alpha value is -3.13. The Balaban J connectivity index is 1.53. The molecule has 8 heteroatoms. The summed E-state index contributed by atoms with van der Waals surface area (Å²) >= 11 is 1.31. The molecule has 2 heterocycles. The third-order valence-electron chi connectivity index (χ3n) is 3.42. The van der Waals surface area contributed by atoms with E-state index in [0.29, 0.717) is 4.88 Å². The number of esters is 1. The zero-order chi connectivity index (χ0) is 17.8. The van der Waals surface area contributed by atoms with E-state index in [4.69, 9.17) is 9.15 Å². The molecule has 0 saturated heterocycles. The van der Waals surface area contributed by atoms with Crippen molar-refractivity contribution in [1.29, 1.82) is 0 Å². The number of amides is 2. The molecule has 3 aromatic rings. The number of fused-ring (bicyclic) bond motifs is 1. The number of ether oxygens (including phenoxy) is 1. The molecule has 0 unspecified atom stereocenters. The Morgan fingerprint density at radius 1 is 1.12 bits per heavy atom. The highest BCUT2D eigenvalue weighted by Gasteiger charge is 2.18. The molecule has 0 aliphatic heterocycles. The van der Waals surface area contributed by atoms with Crippen molar-refractivity contribution >= 4 is 39.2 Å². The SMILES string of the molecule is Cc1c(C(=O)OCC(=O)NNC(=O)c2ccco2)sc2ccccc12. The van der Waals surface area contributed by atoms with Crippen molar-refractivity contribution in [2.45, 2.75) is 6.92 Å². The predicted molar refractivity (Wildman–Crippen MR) is 91.2 cm³/mol. The molecular formula is C17H14N2O5S. The topological polar surface area (TPSA) is 97.6 Å². The molecular weight excluding hydrogens is 344 g/mol. The van der Waals surface area contributed by atoms with E-state index in [1.54, 1.807) is 6.07 Å². The van der Waals surface area contributed by atoms with E-state index in [2.05, 4.69) is 10.9 Å². The maximum atomic E-state index is 12.2. The minimum atomic E-state index is -0.660. The average molecular weight is 358 g/mol. The first-order valence-corrected chi connectivity index (χ1v) is 8.16. The number of hydrazine groups is 1. The number of carbonyl (C=O) groups is 3. The highest BCUT2D eigenvalue weighted by atomic mass is 32.1. The number of rotatable bonds is 4. The Kier molecular flexibility index (Phi) is 4.80. The first kappa shape index (κ1) is 16.7. The normalized spacial score (nSPS) is 10.4. The van der Waals surface area contributed by atoms with Gasteiger partial charge in [0, 0.05) is 4.70 Å². The van der Waals surface area contributed by atoms with Crippen LogP contribution >= 0.6 is 11.3 Å². The molecule has 1 aromatic carbocycles. The van der Waals surface area contributed by atoms with Crippen LogP contribution in [-0.2, 0) is 9.53 Å². The van der Waals surface area contributed by atoms with E-state index in [1.165, 1.54) is 23.7 Å². The number of aryl methyl sites for hydroxylation is 1. The van der Waals surface area contributed by atoms with Gasteiger partial charge < -0.3 is 9.15 Å². The fourth-order valence-corrected chi connectivity index (χ4v) is 3.30. The van der Waals surface area contributed by atoms with Gasteiger partial charge in [0.15, 0.2) is 12.4 Å². The number of nitrogens with one attached hydrogen (secondary N) is 2. The lowest BCUT2D eigenvalue weighted by Gasteiger charge is -2.06. The Labute approximate surface area is 146 Å². The summed E-state index contributed by atoms with van der Waals surface area (Å²) in [5, 5.41) is 0.981. The molecule has 2 aromatic heterocycles. The third kappa shape index (κ3) is 3.69. The number of hydrogen-bond acceptors (Lipinski definition) is 6. The second-order valence-corrected chi connectivity index (χ2v) is 6.16. The van der Waals surface area contributed by atoms with E-state index < -0.39 is 24.4 Å². The summed E-state index contributed by atoms with van der Waals surface area (Å²) in [5.41, 5.74) is 5.12. The minimum absolute atomic E-state index is 0.0539. The van der Waals surface area contributed by atoms with Gasteiger partial charge in [-0.2, -0.15) is 0 Å². The molecule has 0 atom stereocenters. The van der Waals surface area contributed by atoms with Crippen LogP contribution in [0, 0.1) is 6.92 Å². The molecule has 0 bridgehead atoms. The van der Waals surface area contributed by atoms with Crippen molar-refractivity contribution in [3.05, 3.63) is 58.9 Å². The van der Waals surface area contributed by atoms with Crippen molar-refractivity contribution < 1.29 is 23.5 Å². The average Bonchev–Trinajstić information content (AvgIpc) is 3.26. The molecule has 2 amide bonds. The lowest BCUT2D eigenvalue weighted by atomic mass is 10.1. The highest BCUT2D eigenvalue weighted by molar-refractivity contribution is 7.21. The summed E-state index contributed by atoms with van der Waals surface area (Å²) in [4.78, 5) is 35.9. The van der Waals surface area contributed by atoms with Gasteiger partial charge in [0.1, 0.15) is 4.88 Å². The molecule has 2 N–H and O–H groups in total. The first-order chi connectivity index (χ1) is 12.1. The van der Waals surface area contributed by atoms with Gasteiger partial charge in [0.2, 0.25) is 0 Å². The van der Waals surface area contributed by atoms with Crippen LogP contribution in [0.2, 0.25) is 0 Å². The number of carbonyl (C=O) groups excluding carboxylic acids is 3. The van der Waals surface area contributed by atoms with E-state index >= 15 is 0 Å². The Bertz CT molecular complexity index is 930. The van der Waals surface area contributed by atoms with Gasteiger partial charge in [-0.25, -0.2) is 4.79 Å². The highest BCUT2D eigenvalue weighted by Crippen LogP contribution is 2.30. The second kappa shape index (κ2) is 7.18. The maximum Gasteiger partial charge on any atom is 0.349 e. The fourth-order valence-electron chi connectivity index (χ4n) is 2.20. The molecule has 25 heavy (non-hydrogen) atoms. The van der Waals surface area contributed by atoms with Gasteiger partial charge in [0.25, 0.3) is 5.91 Å². The fraction of sp³-hybridized carbons (Fsp3) is 0.118. The van der Waals surface area contributed by atoms with Crippen LogP contribution in [0.15, 0.2) is 47.1 Å². The van der Waals surface area contributed by atoms with Gasteiger partial charge in [-0.3, -0.25) is 20.4 Å². The monoisotopic (exact) mass is 358 g/mol. The predicted octanol–water partition coefficient (Wildman–Crippen LogP) is 2.42. The summed E-state index contributed by atoms with van der Waals surface area (Å²) in [6.07, 6.45) is 1.34. The van der Waals surface area contributed by atoms with Crippen LogP contribution in [0.3, 0.4) is 0 Å². The Morgan fingerprint density at radius 3 is 2.64 bits per heavy atom. The number of hydrogen-bond donors (Lipinski definition) is 2. The molecule has 0 fully saturated rings. The van der Waals surface area contributed by atoms with Crippen LogP contribution in [0.5, 0.6) is 0 Å². The van der Waals surface area contributed by atoms with Crippen LogP contribution < -0.4 is 10.9 Å². The molecule has 0 aliphatic carbocycles. The van der Waals surface area contributed by atoms with Gasteiger partial charge >= 0.3 is 11.9 Å². The van der Waals surface area contributed by atoms with Crippen LogP contribution in [0.4, 0.5) is 0 Å². The lowest BCUT2D eigenvalue weighted by Crippen LogP contribution is -2.43. The smallest absolute Gasteiger partial charge is 0.349 e. The summed E-state index contributed by atoms with van der Waals surface area (Å²) in [5.74, 6) is -1.79. The van der Waals surface area contributed by atoms with Crippen molar-refractivity contribution in [3.63, 3.8) is 0 Å². The number of benzene rings is 1. The lowest BCUT2D eigenvalue weighted by molar-refractivity contribution is -0.125. The van der Waals surface area contributed by atoms with Gasteiger partial charge in [0.05, 0.1) is 6.26 Å². The number of thiophene rings is 1. The van der Waals surface area contributed by atoms with Crippen LogP contribution in [-0.4, -0.2) is 24.4 Å². The molecule has 0 saturated carbocycles. The summed E-state index contributed by atoms with van der Waals surface area (Å²) in [6, 6.07) is 10.6. The molecule has 0 aliphatic rings. The van der Waals surface area contributed by atoms with Crippen LogP contribution in [0.1, 0.15) is 25.8 Å². The number of furan rings is 1. The molecule has 0 radical (unpaired) electrons. The minimum Gasteiger partial charge on any atom is -0.459 e. The molecule has 7 nitrogen and oxygen atoms in total. The van der Waals surface area contributed by atoms with Crippen molar-refractivity contribution in [3.8, 4) is 0 Å². The summed E-state index contributed by atoms with van der Waals surface area (Å²) < 4.78 is 10.9. The molecule has 0 spiro atoms. The van der Waals surface area contributed by atoms with E-state index in [1.807, 2.05) is 31.2 Å². The van der Waals surface area contributed by atoms with Gasteiger partial charge in [-0.15, -0.1) is 11.3 Å². The largest absolute Gasteiger partial charge is 0.459 e. The van der Waals surface area contributed by atoms with Gasteiger partial charge in [-0.05, 0) is 36.1 Å². The zero-order valence-electron chi connectivity index (χ0n) is 13.2. The standard InChI is InChI=1S/C17H14N2O5S/c1-10-11-5-2-3-7-13(11)25-15(10)17(22)24-9-14(20)18-19-16(21)12-6-4-8-23-12/h2-8H,9H2,1H3,(H,18,20)(H,19,21). The molecule has 128 valence electrons. The van der Waals surface area contributed by atoms with Crippen LogP contribution in [0.25, 0.3) is 10.1 Å². The first-order valence-electron chi connectivity index (χ1n) is 7.34. The van der Waals surface area contributed by atoms with E-state index in [0.717, 1.165) is 15.6 Å². The third-order valence-corrected chi connectivity index (χ3v) is 4.68. The van der Waals surface area contributed by atoms with E-state index in [9.17, 15) is 14.4 Å². The summed E-state index contributed by atoms with van der Waals surface area (Å²) in [7, 11) is 0. The van der Waals surface area contributed by atoms with Gasteiger partial charge in [-0.1, -0.05) is 18.2 Å². The van der Waals surface area contributed by atoms with Crippen molar-refractivity contribution in [1.82, 2.24) is 10.9 Å². The van der Waals surface area contributed by atoms with Crippen molar-refractivity contribution in [2.24, 2.45) is 0 Å². The second-order valence-electron chi connectivity index (χ2n) is 5.11. The quantitative estimate of drug-likeness (QED) is 0.551. The zero-order valence-corrected chi connectivity index (χ0v) is 14.0. The maximum absolute atomic E-state index is 12.2. The molecule has 3 rings (SSSR count). The van der Waals surface area contributed by atoms with E-state index in [-0.39, 0.29) is 5.76 Å².